The number of aryl methyl sites for hydroxylation is 2. The topological polar surface area (TPSA) is 134 Å². The smallest absolute Gasteiger partial charge is 0.358 e. The van der Waals surface area contributed by atoms with Crippen molar-refractivity contribution in [2.24, 2.45) is 0 Å². The second-order valence-electron chi connectivity index (χ2n) is 6.72. The van der Waals surface area contributed by atoms with Gasteiger partial charge in [-0.25, -0.2) is 9.78 Å². The number of hydrogen-bond donors (Lipinski definition) is 3. The average molecular weight is 426 g/mol. The van der Waals surface area contributed by atoms with Gasteiger partial charge < -0.3 is 29.5 Å². The highest BCUT2D eigenvalue weighted by Crippen LogP contribution is 2.24. The molecular formula is C18H24ClN5O5. The van der Waals surface area contributed by atoms with Gasteiger partial charge in [-0.05, 0) is 26.7 Å². The maximum Gasteiger partial charge on any atom is 0.358 e. The van der Waals surface area contributed by atoms with Crippen molar-refractivity contribution in [3.8, 4) is 0 Å². The normalized spacial score (nSPS) is 19.4. The van der Waals surface area contributed by atoms with Crippen LogP contribution in [-0.2, 0) is 11.2 Å². The fourth-order valence-electron chi connectivity index (χ4n) is 3.32. The largest absolute Gasteiger partial charge is 0.476 e. The van der Waals surface area contributed by atoms with E-state index >= 15 is 0 Å². The lowest BCUT2D eigenvalue weighted by Crippen LogP contribution is -2.55. The average Bonchev–Trinajstić information content (AvgIpc) is 3.26. The van der Waals surface area contributed by atoms with Crippen molar-refractivity contribution in [2.75, 3.05) is 24.6 Å². The number of imidazole rings is 1. The lowest BCUT2D eigenvalue weighted by molar-refractivity contribution is 0.0262. The fraction of sp³-hybridized carbons (Fsp3) is 0.556. The summed E-state index contributed by atoms with van der Waals surface area (Å²) < 4.78 is 11.3. The van der Waals surface area contributed by atoms with E-state index in [0.717, 1.165) is 0 Å². The zero-order valence-corrected chi connectivity index (χ0v) is 17.2. The van der Waals surface area contributed by atoms with Crippen molar-refractivity contribution < 1.29 is 23.8 Å². The lowest BCUT2D eigenvalue weighted by atomic mass is 10.0. The van der Waals surface area contributed by atoms with Crippen LogP contribution in [0.2, 0.25) is 5.15 Å². The molecule has 0 spiro atoms. The number of halogens is 1. The van der Waals surface area contributed by atoms with E-state index in [2.05, 4.69) is 20.3 Å². The number of nitrogens with one attached hydrogen (secondary N) is 2. The summed E-state index contributed by atoms with van der Waals surface area (Å²) in [4.78, 5) is 36.7. The molecule has 1 aliphatic heterocycles. The summed E-state index contributed by atoms with van der Waals surface area (Å²) in [6, 6.07) is -0.0116. The second-order valence-corrected chi connectivity index (χ2v) is 7.08. The first kappa shape index (κ1) is 21.1. The summed E-state index contributed by atoms with van der Waals surface area (Å²) in [5, 5.41) is 12.4. The minimum atomic E-state index is -1.13. The van der Waals surface area contributed by atoms with Crippen LogP contribution in [0.3, 0.4) is 0 Å². The number of piperidine rings is 1. The first-order valence-electron chi connectivity index (χ1n) is 9.46. The van der Waals surface area contributed by atoms with E-state index in [1.54, 1.807) is 6.92 Å². The van der Waals surface area contributed by atoms with Gasteiger partial charge in [0.05, 0.1) is 24.4 Å². The predicted molar refractivity (Wildman–Crippen MR) is 105 cm³/mol. The summed E-state index contributed by atoms with van der Waals surface area (Å²) in [5.41, 5.74) is 0.603. The third-order valence-electron chi connectivity index (χ3n) is 4.81. The number of anilines is 1. The molecule has 1 aliphatic rings. The summed E-state index contributed by atoms with van der Waals surface area (Å²) in [6.45, 7) is 6.73. The van der Waals surface area contributed by atoms with Crippen molar-refractivity contribution in [1.29, 1.82) is 0 Å². The molecule has 3 N–H and O–H groups in total. The van der Waals surface area contributed by atoms with Gasteiger partial charge in [0.15, 0.2) is 16.7 Å². The summed E-state index contributed by atoms with van der Waals surface area (Å²) in [6.07, 6.45) is 0.886. The fourth-order valence-corrected chi connectivity index (χ4v) is 3.59. The Labute approximate surface area is 172 Å². The molecule has 3 rings (SSSR count). The molecule has 3 heterocycles. The molecule has 1 amide bonds. The zero-order chi connectivity index (χ0) is 21.1. The zero-order valence-electron chi connectivity index (χ0n) is 16.5. The van der Waals surface area contributed by atoms with Crippen LogP contribution < -0.4 is 10.2 Å². The van der Waals surface area contributed by atoms with Gasteiger partial charge in [-0.3, -0.25) is 4.79 Å². The van der Waals surface area contributed by atoms with Crippen LogP contribution in [0.4, 0.5) is 6.01 Å². The van der Waals surface area contributed by atoms with E-state index < -0.39 is 5.97 Å². The summed E-state index contributed by atoms with van der Waals surface area (Å²) in [7, 11) is 0. The molecular weight excluding hydrogens is 402 g/mol. The molecule has 158 valence electrons. The third-order valence-corrected chi connectivity index (χ3v) is 5.12. The Morgan fingerprint density at radius 3 is 2.76 bits per heavy atom. The standard InChI is InChI=1S/C18H24ClN5O5/c1-4-10-14(19)23-15(20-10)16(25)21-11-6-7-24(8-12(11)28-5-2)18-22-13(17(26)27)9(3)29-18/h11-12H,4-8H2,1-3H3,(H,20,23)(H,21,25)(H,26,27). The van der Waals surface area contributed by atoms with Gasteiger partial charge in [0.1, 0.15) is 5.76 Å². The highest BCUT2D eigenvalue weighted by molar-refractivity contribution is 6.30. The number of ether oxygens (including phenoxy) is 1. The van der Waals surface area contributed by atoms with E-state index in [-0.39, 0.29) is 41.3 Å². The van der Waals surface area contributed by atoms with Gasteiger partial charge >= 0.3 is 5.97 Å². The van der Waals surface area contributed by atoms with Crippen molar-refractivity contribution in [2.45, 2.75) is 45.8 Å². The molecule has 10 nitrogen and oxygen atoms in total. The molecule has 0 aromatic carbocycles. The number of carbonyl (C=O) groups excluding carboxylic acids is 1. The number of aromatic nitrogens is 3. The molecule has 2 aromatic heterocycles. The highest BCUT2D eigenvalue weighted by atomic mass is 35.5. The number of aromatic amines is 1. The van der Waals surface area contributed by atoms with Crippen molar-refractivity contribution in [1.82, 2.24) is 20.3 Å². The number of nitrogens with zero attached hydrogens (tertiary/aromatic N) is 3. The summed E-state index contributed by atoms with van der Waals surface area (Å²) in [5.74, 6) is -1.07. The minimum Gasteiger partial charge on any atom is -0.476 e. The van der Waals surface area contributed by atoms with Gasteiger partial charge in [-0.15, -0.1) is 0 Å². The number of hydrogen-bond acceptors (Lipinski definition) is 7. The molecule has 0 radical (unpaired) electrons. The first-order chi connectivity index (χ1) is 13.8. The van der Waals surface area contributed by atoms with Crippen LogP contribution in [0.1, 0.15) is 52.8 Å². The molecule has 1 fully saturated rings. The SMILES string of the molecule is CCOC1CN(c2nc(C(=O)O)c(C)o2)CCC1NC(=O)c1nc(Cl)c(CC)[nH]1. The van der Waals surface area contributed by atoms with Crippen LogP contribution >= 0.6 is 11.6 Å². The molecule has 0 aliphatic carbocycles. The lowest BCUT2D eigenvalue weighted by Gasteiger charge is -2.37. The molecule has 1 saturated heterocycles. The Morgan fingerprint density at radius 1 is 1.41 bits per heavy atom. The quantitative estimate of drug-likeness (QED) is 0.613. The number of carbonyl (C=O) groups is 2. The van der Waals surface area contributed by atoms with Gasteiger partial charge in [0, 0.05) is 13.2 Å². The van der Waals surface area contributed by atoms with E-state index in [1.807, 2.05) is 18.7 Å². The van der Waals surface area contributed by atoms with E-state index in [0.29, 0.717) is 43.4 Å². The van der Waals surface area contributed by atoms with Gasteiger partial charge in [0.25, 0.3) is 11.9 Å². The number of amides is 1. The van der Waals surface area contributed by atoms with Gasteiger partial charge in [0.2, 0.25) is 0 Å². The molecule has 2 atom stereocenters. The predicted octanol–water partition coefficient (Wildman–Crippen LogP) is 2.03. The molecule has 0 saturated carbocycles. The van der Waals surface area contributed by atoms with E-state index in [4.69, 9.17) is 20.8 Å². The number of oxazole rings is 1. The number of carboxylic acid groups (broad SMARTS) is 1. The van der Waals surface area contributed by atoms with Gasteiger partial charge in [-0.2, -0.15) is 4.98 Å². The molecule has 0 bridgehead atoms. The maximum absolute atomic E-state index is 12.6. The summed E-state index contributed by atoms with van der Waals surface area (Å²) >= 11 is 6.02. The molecule has 29 heavy (non-hydrogen) atoms. The second kappa shape index (κ2) is 8.83. The van der Waals surface area contributed by atoms with Crippen LogP contribution in [0.15, 0.2) is 4.42 Å². The maximum atomic E-state index is 12.6. The van der Waals surface area contributed by atoms with Crippen LogP contribution in [-0.4, -0.2) is 63.8 Å². The Hall–Kier alpha value is -2.59. The van der Waals surface area contributed by atoms with Crippen molar-refractivity contribution in [3.05, 3.63) is 28.1 Å². The number of aromatic carboxylic acids is 1. The monoisotopic (exact) mass is 425 g/mol. The molecule has 2 aromatic rings. The first-order valence-corrected chi connectivity index (χ1v) is 9.84. The third kappa shape index (κ3) is 4.54. The minimum absolute atomic E-state index is 0.107. The van der Waals surface area contributed by atoms with Crippen molar-refractivity contribution in [3.63, 3.8) is 0 Å². The number of carboxylic acids is 1. The van der Waals surface area contributed by atoms with E-state index in [9.17, 15) is 14.7 Å². The molecule has 11 heteroatoms. The van der Waals surface area contributed by atoms with Crippen molar-refractivity contribution >= 4 is 29.5 Å². The highest BCUT2D eigenvalue weighted by Gasteiger charge is 2.34. The Kier molecular flexibility index (Phi) is 6.43. The van der Waals surface area contributed by atoms with Crippen LogP contribution in [0.5, 0.6) is 0 Å². The van der Waals surface area contributed by atoms with E-state index in [1.165, 1.54) is 0 Å². The van der Waals surface area contributed by atoms with Gasteiger partial charge in [-0.1, -0.05) is 18.5 Å². The number of rotatable bonds is 7. The Balaban J connectivity index is 1.70. The number of H-pyrrole nitrogens is 1. The Bertz CT molecular complexity index is 895. The van der Waals surface area contributed by atoms with Crippen LogP contribution in [0, 0.1) is 6.92 Å². The molecule has 2 unspecified atom stereocenters. The van der Waals surface area contributed by atoms with Crippen LogP contribution in [0.25, 0.3) is 0 Å². The Morgan fingerprint density at radius 2 is 2.17 bits per heavy atom.